The summed E-state index contributed by atoms with van der Waals surface area (Å²) in [5, 5.41) is 4.05. The van der Waals surface area contributed by atoms with Gasteiger partial charge in [0.15, 0.2) is 5.82 Å². The number of benzene rings is 1. The molecule has 5 nitrogen and oxygen atoms in total. The zero-order valence-electron chi connectivity index (χ0n) is 13.2. The van der Waals surface area contributed by atoms with E-state index in [1.54, 1.807) is 0 Å². The van der Waals surface area contributed by atoms with Crippen LogP contribution in [0.15, 0.2) is 28.8 Å². The van der Waals surface area contributed by atoms with Crippen molar-refractivity contribution in [1.82, 2.24) is 15.0 Å². The number of hydrogen-bond donors (Lipinski definition) is 1. The minimum Gasteiger partial charge on any atom is -0.338 e. The van der Waals surface area contributed by atoms with Gasteiger partial charge in [-0.05, 0) is 31.9 Å². The van der Waals surface area contributed by atoms with Gasteiger partial charge in [-0.2, -0.15) is 4.98 Å². The Morgan fingerprint density at radius 1 is 1.32 bits per heavy atom. The van der Waals surface area contributed by atoms with Crippen molar-refractivity contribution in [2.45, 2.75) is 51.7 Å². The molecule has 0 saturated carbocycles. The van der Waals surface area contributed by atoms with Crippen LogP contribution in [0.2, 0.25) is 0 Å². The van der Waals surface area contributed by atoms with Crippen LogP contribution in [0, 0.1) is 6.92 Å². The SMILES string of the molecule is Cc1cccc(C2CCCCCN2Cc2noc(CN)n2)c1. The molecule has 0 bridgehead atoms. The molecule has 0 aliphatic carbocycles. The van der Waals surface area contributed by atoms with Crippen molar-refractivity contribution < 1.29 is 4.52 Å². The van der Waals surface area contributed by atoms with Crippen LogP contribution in [0.25, 0.3) is 0 Å². The van der Waals surface area contributed by atoms with Crippen LogP contribution in [-0.4, -0.2) is 21.6 Å². The Hall–Kier alpha value is -1.72. The molecule has 3 rings (SSSR count). The second-order valence-corrected chi connectivity index (χ2v) is 6.06. The van der Waals surface area contributed by atoms with E-state index >= 15 is 0 Å². The number of rotatable bonds is 4. The lowest BCUT2D eigenvalue weighted by Gasteiger charge is -2.29. The second kappa shape index (κ2) is 7.03. The van der Waals surface area contributed by atoms with Crippen molar-refractivity contribution in [3.05, 3.63) is 47.1 Å². The van der Waals surface area contributed by atoms with E-state index in [1.165, 1.54) is 36.8 Å². The van der Waals surface area contributed by atoms with Gasteiger partial charge in [0.25, 0.3) is 0 Å². The normalized spacial score (nSPS) is 20.0. The predicted octanol–water partition coefficient (Wildman–Crippen LogP) is 2.95. The first kappa shape index (κ1) is 15.2. The molecule has 1 atom stereocenters. The summed E-state index contributed by atoms with van der Waals surface area (Å²) in [6.45, 7) is 4.25. The van der Waals surface area contributed by atoms with Crippen molar-refractivity contribution in [2.75, 3.05) is 6.54 Å². The van der Waals surface area contributed by atoms with Gasteiger partial charge < -0.3 is 10.3 Å². The molecule has 22 heavy (non-hydrogen) atoms. The smallest absolute Gasteiger partial charge is 0.240 e. The Balaban J connectivity index is 1.81. The summed E-state index contributed by atoms with van der Waals surface area (Å²) in [6, 6.07) is 9.26. The molecule has 1 fully saturated rings. The first-order chi connectivity index (χ1) is 10.8. The standard InChI is InChI=1S/C17H24N4O/c1-13-6-5-7-14(10-13)15-8-3-2-4-9-21(15)12-16-19-17(11-18)22-20-16/h5-7,10,15H,2-4,8-9,11-12,18H2,1H3. The van der Waals surface area contributed by atoms with E-state index in [2.05, 4.69) is 46.2 Å². The maximum absolute atomic E-state index is 5.55. The molecule has 1 aliphatic rings. The first-order valence-corrected chi connectivity index (χ1v) is 8.08. The van der Waals surface area contributed by atoms with E-state index in [9.17, 15) is 0 Å². The van der Waals surface area contributed by atoms with Gasteiger partial charge in [-0.1, -0.05) is 47.8 Å². The molecule has 0 amide bonds. The van der Waals surface area contributed by atoms with Gasteiger partial charge in [0.05, 0.1) is 13.1 Å². The van der Waals surface area contributed by atoms with Crippen molar-refractivity contribution >= 4 is 0 Å². The molecule has 1 aromatic heterocycles. The van der Waals surface area contributed by atoms with Crippen molar-refractivity contribution in [2.24, 2.45) is 5.73 Å². The summed E-state index contributed by atoms with van der Waals surface area (Å²) in [6.07, 6.45) is 4.98. The number of likely N-dealkylation sites (tertiary alicyclic amines) is 1. The van der Waals surface area contributed by atoms with Gasteiger partial charge in [-0.25, -0.2) is 0 Å². The molecule has 118 valence electrons. The summed E-state index contributed by atoms with van der Waals surface area (Å²) in [4.78, 5) is 6.83. The third kappa shape index (κ3) is 3.54. The minimum atomic E-state index is 0.300. The minimum absolute atomic E-state index is 0.300. The van der Waals surface area contributed by atoms with Gasteiger partial charge in [0.2, 0.25) is 5.89 Å². The van der Waals surface area contributed by atoms with Gasteiger partial charge in [0.1, 0.15) is 0 Å². The Labute approximate surface area is 131 Å². The molecule has 1 aliphatic heterocycles. The van der Waals surface area contributed by atoms with Crippen LogP contribution >= 0.6 is 0 Å². The fourth-order valence-electron chi connectivity index (χ4n) is 3.23. The number of nitrogens with two attached hydrogens (primary N) is 1. The molecule has 1 aromatic carbocycles. The van der Waals surface area contributed by atoms with E-state index in [1.807, 2.05) is 0 Å². The third-order valence-corrected chi connectivity index (χ3v) is 4.32. The van der Waals surface area contributed by atoms with E-state index in [0.717, 1.165) is 18.9 Å². The summed E-state index contributed by atoms with van der Waals surface area (Å²) in [5.74, 6) is 1.25. The zero-order chi connectivity index (χ0) is 15.4. The maximum Gasteiger partial charge on any atom is 0.240 e. The van der Waals surface area contributed by atoms with Gasteiger partial charge in [0, 0.05) is 6.04 Å². The third-order valence-electron chi connectivity index (χ3n) is 4.32. The van der Waals surface area contributed by atoms with Crippen LogP contribution in [0.5, 0.6) is 0 Å². The van der Waals surface area contributed by atoms with Crippen molar-refractivity contribution in [1.29, 1.82) is 0 Å². The molecule has 0 radical (unpaired) electrons. The van der Waals surface area contributed by atoms with Crippen LogP contribution in [-0.2, 0) is 13.1 Å². The molecule has 5 heteroatoms. The van der Waals surface area contributed by atoms with Gasteiger partial charge in [-0.3, -0.25) is 4.90 Å². The highest BCUT2D eigenvalue weighted by Crippen LogP contribution is 2.31. The highest BCUT2D eigenvalue weighted by Gasteiger charge is 2.24. The summed E-state index contributed by atoms with van der Waals surface area (Å²) in [5.41, 5.74) is 8.25. The molecular weight excluding hydrogens is 276 g/mol. The molecule has 2 heterocycles. The molecular formula is C17H24N4O. The van der Waals surface area contributed by atoms with Crippen LogP contribution in [0.3, 0.4) is 0 Å². The number of hydrogen-bond acceptors (Lipinski definition) is 5. The Bertz CT molecular complexity index is 610. The number of aryl methyl sites for hydroxylation is 1. The molecule has 1 unspecified atom stereocenters. The average molecular weight is 300 g/mol. The van der Waals surface area contributed by atoms with Crippen molar-refractivity contribution in [3.63, 3.8) is 0 Å². The highest BCUT2D eigenvalue weighted by atomic mass is 16.5. The fraction of sp³-hybridized carbons (Fsp3) is 0.529. The largest absolute Gasteiger partial charge is 0.338 e. The van der Waals surface area contributed by atoms with E-state index in [4.69, 9.17) is 10.3 Å². The lowest BCUT2D eigenvalue weighted by Crippen LogP contribution is -2.28. The lowest BCUT2D eigenvalue weighted by atomic mass is 9.99. The van der Waals surface area contributed by atoms with E-state index in [0.29, 0.717) is 18.5 Å². The van der Waals surface area contributed by atoms with Crippen LogP contribution in [0.4, 0.5) is 0 Å². The molecule has 0 spiro atoms. The van der Waals surface area contributed by atoms with Crippen molar-refractivity contribution in [3.8, 4) is 0 Å². The average Bonchev–Trinajstić information content (AvgIpc) is 2.85. The Morgan fingerprint density at radius 3 is 3.00 bits per heavy atom. The van der Waals surface area contributed by atoms with Gasteiger partial charge in [-0.15, -0.1) is 0 Å². The Kier molecular flexibility index (Phi) is 4.85. The van der Waals surface area contributed by atoms with Crippen LogP contribution < -0.4 is 5.73 Å². The van der Waals surface area contributed by atoms with E-state index in [-0.39, 0.29) is 0 Å². The highest BCUT2D eigenvalue weighted by molar-refractivity contribution is 5.25. The maximum atomic E-state index is 5.55. The predicted molar refractivity (Wildman–Crippen MR) is 85.0 cm³/mol. The molecule has 2 aromatic rings. The molecule has 1 saturated heterocycles. The summed E-state index contributed by atoms with van der Waals surface area (Å²) in [7, 11) is 0. The Morgan fingerprint density at radius 2 is 2.23 bits per heavy atom. The first-order valence-electron chi connectivity index (χ1n) is 8.08. The second-order valence-electron chi connectivity index (χ2n) is 6.06. The number of aromatic nitrogens is 2. The van der Waals surface area contributed by atoms with Gasteiger partial charge >= 0.3 is 0 Å². The quantitative estimate of drug-likeness (QED) is 0.940. The summed E-state index contributed by atoms with van der Waals surface area (Å²) >= 11 is 0. The topological polar surface area (TPSA) is 68.2 Å². The lowest BCUT2D eigenvalue weighted by molar-refractivity contribution is 0.185. The monoisotopic (exact) mass is 300 g/mol. The zero-order valence-corrected chi connectivity index (χ0v) is 13.2. The number of nitrogens with zero attached hydrogens (tertiary/aromatic N) is 3. The fourth-order valence-corrected chi connectivity index (χ4v) is 3.23. The van der Waals surface area contributed by atoms with E-state index < -0.39 is 0 Å². The molecule has 2 N–H and O–H groups in total. The van der Waals surface area contributed by atoms with Crippen LogP contribution in [0.1, 0.15) is 54.6 Å². The summed E-state index contributed by atoms with van der Waals surface area (Å²) < 4.78 is 5.13.